The average Bonchev–Trinajstić information content (AvgIpc) is 3.21. The lowest BCUT2D eigenvalue weighted by Crippen LogP contribution is -2.22. The summed E-state index contributed by atoms with van der Waals surface area (Å²) in [4.78, 5) is 12.9. The summed E-state index contributed by atoms with van der Waals surface area (Å²) in [5.41, 5.74) is 4.33. The van der Waals surface area contributed by atoms with Gasteiger partial charge in [-0.25, -0.2) is 4.79 Å². The van der Waals surface area contributed by atoms with Crippen LogP contribution in [0.2, 0.25) is 0 Å². The van der Waals surface area contributed by atoms with Gasteiger partial charge in [-0.3, -0.25) is 0 Å². The van der Waals surface area contributed by atoms with Crippen molar-refractivity contribution in [1.82, 2.24) is 0 Å². The first-order valence-electron chi connectivity index (χ1n) is 10.8. The fraction of sp³-hybridized carbons (Fsp3) is 0.423. The minimum Gasteiger partial charge on any atom is -0.496 e. The molecule has 29 heavy (non-hydrogen) atoms. The number of unbranched alkanes of at least 4 members (excludes halogenated alkanes) is 1. The number of hydrogen-bond acceptors (Lipinski definition) is 3. The van der Waals surface area contributed by atoms with Crippen molar-refractivity contribution in [2.75, 3.05) is 7.11 Å². The second-order valence-corrected chi connectivity index (χ2v) is 8.44. The Balaban J connectivity index is 1.89. The third kappa shape index (κ3) is 3.59. The highest BCUT2D eigenvalue weighted by Gasteiger charge is 2.35. The van der Waals surface area contributed by atoms with Crippen LogP contribution >= 0.6 is 0 Å². The maximum atomic E-state index is 12.9. The van der Waals surface area contributed by atoms with E-state index in [0.717, 1.165) is 22.3 Å². The second-order valence-electron chi connectivity index (χ2n) is 8.44. The molecule has 1 fully saturated rings. The molecule has 3 heteroatoms. The van der Waals surface area contributed by atoms with Gasteiger partial charge in [0.1, 0.15) is 11.3 Å². The summed E-state index contributed by atoms with van der Waals surface area (Å²) in [5.74, 6) is 0.791. The lowest BCUT2D eigenvalue weighted by Gasteiger charge is -2.30. The number of benzene rings is 2. The molecular formula is C26H30O3. The highest BCUT2D eigenvalue weighted by Crippen LogP contribution is 2.47. The molecule has 152 valence electrons. The minimum absolute atomic E-state index is 0.185. The van der Waals surface area contributed by atoms with Crippen molar-refractivity contribution < 1.29 is 9.15 Å². The molecule has 1 aliphatic rings. The van der Waals surface area contributed by atoms with Crippen LogP contribution in [-0.2, 0) is 5.41 Å². The lowest BCUT2D eigenvalue weighted by molar-refractivity contribution is 0.383. The molecule has 0 spiro atoms. The first-order valence-corrected chi connectivity index (χ1v) is 10.8. The number of methoxy groups -OCH3 is 1. The highest BCUT2D eigenvalue weighted by atomic mass is 16.5. The molecule has 0 N–H and O–H groups in total. The predicted molar refractivity (Wildman–Crippen MR) is 119 cm³/mol. The third-order valence-electron chi connectivity index (χ3n) is 6.65. The molecule has 0 saturated heterocycles. The second kappa shape index (κ2) is 8.06. The van der Waals surface area contributed by atoms with E-state index in [1.807, 2.05) is 37.3 Å². The van der Waals surface area contributed by atoms with Crippen molar-refractivity contribution >= 4 is 11.0 Å². The average molecular weight is 391 g/mol. The molecular weight excluding hydrogens is 360 g/mol. The van der Waals surface area contributed by atoms with Crippen molar-refractivity contribution in [1.29, 1.82) is 0 Å². The molecule has 0 unspecified atom stereocenters. The smallest absolute Gasteiger partial charge is 0.344 e. The lowest BCUT2D eigenvalue weighted by atomic mass is 9.74. The van der Waals surface area contributed by atoms with Gasteiger partial charge in [-0.05, 0) is 66.5 Å². The molecule has 0 amide bonds. The van der Waals surface area contributed by atoms with Crippen LogP contribution in [0.4, 0.5) is 0 Å². The van der Waals surface area contributed by atoms with Crippen LogP contribution in [0.25, 0.3) is 22.1 Å². The number of aryl methyl sites for hydroxylation is 1. The van der Waals surface area contributed by atoms with Gasteiger partial charge in [0.2, 0.25) is 0 Å². The quantitative estimate of drug-likeness (QED) is 0.436. The summed E-state index contributed by atoms with van der Waals surface area (Å²) in [7, 11) is 1.70. The molecule has 3 aromatic rings. The molecule has 0 bridgehead atoms. The van der Waals surface area contributed by atoms with Crippen molar-refractivity contribution in [2.24, 2.45) is 0 Å². The summed E-state index contributed by atoms with van der Waals surface area (Å²) in [6, 6.07) is 14.1. The Hall–Kier alpha value is -2.55. The monoisotopic (exact) mass is 390 g/mol. The summed E-state index contributed by atoms with van der Waals surface area (Å²) in [5, 5.41) is 0.859. The molecule has 0 radical (unpaired) electrons. The van der Waals surface area contributed by atoms with Crippen LogP contribution < -0.4 is 10.4 Å². The van der Waals surface area contributed by atoms with E-state index in [9.17, 15) is 4.79 Å². The van der Waals surface area contributed by atoms with Gasteiger partial charge < -0.3 is 9.15 Å². The van der Waals surface area contributed by atoms with Crippen molar-refractivity contribution in [3.8, 4) is 16.9 Å². The zero-order valence-electron chi connectivity index (χ0n) is 17.7. The fourth-order valence-electron chi connectivity index (χ4n) is 4.97. The molecule has 1 aromatic heterocycles. The van der Waals surface area contributed by atoms with Gasteiger partial charge in [0.25, 0.3) is 0 Å². The van der Waals surface area contributed by atoms with Gasteiger partial charge in [-0.1, -0.05) is 56.9 Å². The van der Waals surface area contributed by atoms with E-state index in [-0.39, 0.29) is 11.0 Å². The molecule has 1 saturated carbocycles. The van der Waals surface area contributed by atoms with Crippen LogP contribution in [0.3, 0.4) is 0 Å². The third-order valence-corrected chi connectivity index (χ3v) is 6.65. The Morgan fingerprint density at radius 1 is 1.07 bits per heavy atom. The summed E-state index contributed by atoms with van der Waals surface area (Å²) >= 11 is 0. The first-order chi connectivity index (χ1) is 14.1. The van der Waals surface area contributed by atoms with Crippen molar-refractivity contribution in [3.05, 3.63) is 64.0 Å². The standard InChI is InChI=1S/C26H30O3/c1-4-5-12-26(13-8-9-14-26)19-15-23(28-3)22-17-21(25(27)29-24(22)16-19)20-11-7-6-10-18(20)2/h6-7,10-11,15-17H,4-5,8-9,12-14H2,1-3H3. The van der Waals surface area contributed by atoms with E-state index in [1.54, 1.807) is 7.11 Å². The van der Waals surface area contributed by atoms with Gasteiger partial charge in [0.05, 0.1) is 18.1 Å². The SMILES string of the molecule is CCCCC1(c2cc(OC)c3cc(-c4ccccc4C)c(=O)oc3c2)CCCC1. The number of hydrogen-bond donors (Lipinski definition) is 0. The largest absolute Gasteiger partial charge is 0.496 e. The van der Waals surface area contributed by atoms with Crippen LogP contribution in [-0.4, -0.2) is 7.11 Å². The normalized spacial score (nSPS) is 15.7. The Labute approximate surface area is 172 Å². The molecule has 0 atom stereocenters. The number of rotatable bonds is 6. The fourth-order valence-corrected chi connectivity index (χ4v) is 4.97. The van der Waals surface area contributed by atoms with E-state index >= 15 is 0 Å². The van der Waals surface area contributed by atoms with E-state index in [1.165, 1.54) is 50.5 Å². The van der Waals surface area contributed by atoms with Gasteiger partial charge in [-0.2, -0.15) is 0 Å². The molecule has 0 aliphatic heterocycles. The van der Waals surface area contributed by atoms with Gasteiger partial charge >= 0.3 is 5.63 Å². The molecule has 1 aliphatic carbocycles. The summed E-state index contributed by atoms with van der Waals surface area (Å²) in [6.45, 7) is 4.26. The van der Waals surface area contributed by atoms with Gasteiger partial charge in [-0.15, -0.1) is 0 Å². The molecule has 4 rings (SSSR count). The maximum Gasteiger partial charge on any atom is 0.344 e. The number of fused-ring (bicyclic) bond motifs is 1. The highest BCUT2D eigenvalue weighted by molar-refractivity contribution is 5.88. The number of ether oxygens (including phenoxy) is 1. The molecule has 3 nitrogen and oxygen atoms in total. The summed E-state index contributed by atoms with van der Waals surface area (Å²) in [6.07, 6.45) is 8.53. The Morgan fingerprint density at radius 3 is 2.52 bits per heavy atom. The Bertz CT molecular complexity index is 1070. The zero-order chi connectivity index (χ0) is 20.4. The molecule has 2 aromatic carbocycles. The van der Waals surface area contributed by atoms with E-state index in [0.29, 0.717) is 11.1 Å². The Morgan fingerprint density at radius 2 is 1.83 bits per heavy atom. The van der Waals surface area contributed by atoms with Crippen molar-refractivity contribution in [2.45, 2.75) is 64.2 Å². The van der Waals surface area contributed by atoms with E-state index in [2.05, 4.69) is 19.1 Å². The van der Waals surface area contributed by atoms with Crippen LogP contribution in [0, 0.1) is 6.92 Å². The Kier molecular flexibility index (Phi) is 5.49. The zero-order valence-corrected chi connectivity index (χ0v) is 17.7. The van der Waals surface area contributed by atoms with E-state index < -0.39 is 0 Å². The van der Waals surface area contributed by atoms with E-state index in [4.69, 9.17) is 9.15 Å². The summed E-state index contributed by atoms with van der Waals surface area (Å²) < 4.78 is 11.6. The minimum atomic E-state index is -0.292. The van der Waals surface area contributed by atoms with Crippen molar-refractivity contribution in [3.63, 3.8) is 0 Å². The van der Waals surface area contributed by atoms with Gasteiger partial charge in [0, 0.05) is 0 Å². The molecule has 1 heterocycles. The maximum absolute atomic E-state index is 12.9. The topological polar surface area (TPSA) is 39.4 Å². The first kappa shape index (κ1) is 19.8. The predicted octanol–water partition coefficient (Wildman–Crippen LogP) is 6.78. The van der Waals surface area contributed by atoms with Gasteiger partial charge in [0.15, 0.2) is 0 Å². The van der Waals surface area contributed by atoms with Crippen LogP contribution in [0.15, 0.2) is 51.7 Å². The van der Waals surface area contributed by atoms with Crippen LogP contribution in [0.1, 0.15) is 63.0 Å². The van der Waals surface area contributed by atoms with Crippen LogP contribution in [0.5, 0.6) is 5.75 Å².